The first kappa shape index (κ1) is 15.8. The number of nitrogens with zero attached hydrogens (tertiary/aromatic N) is 1. The molecule has 1 unspecified atom stereocenters. The summed E-state index contributed by atoms with van der Waals surface area (Å²) < 4.78 is 1.08. The molecule has 2 heterocycles. The van der Waals surface area contributed by atoms with Crippen molar-refractivity contribution >= 4 is 34.2 Å². The van der Waals surface area contributed by atoms with E-state index in [1.54, 1.807) is 0 Å². The van der Waals surface area contributed by atoms with E-state index in [0.29, 0.717) is 5.91 Å². The van der Waals surface area contributed by atoms with Crippen LogP contribution in [0.3, 0.4) is 0 Å². The Kier molecular flexibility index (Phi) is 5.10. The Morgan fingerprint density at radius 3 is 2.65 bits per heavy atom. The lowest BCUT2D eigenvalue weighted by Gasteiger charge is -2.32. The number of benzene rings is 1. The summed E-state index contributed by atoms with van der Waals surface area (Å²) in [6.07, 6.45) is 3.18. The Morgan fingerprint density at radius 2 is 2.00 bits per heavy atom. The highest BCUT2D eigenvalue weighted by Crippen LogP contribution is 2.38. The molecule has 1 spiro atoms. The van der Waals surface area contributed by atoms with Gasteiger partial charge in [0.05, 0.1) is 5.41 Å². The second-order valence-corrected chi connectivity index (χ2v) is 6.58. The Hall–Kier alpha value is -0.580. The molecule has 20 heavy (non-hydrogen) atoms. The molecule has 1 atom stereocenters. The fraction of sp³-hybridized carbons (Fsp3) is 0.533. The Labute approximate surface area is 134 Å². The number of hydrogen-bond donors (Lipinski definition) is 1. The molecule has 2 aliphatic rings. The van der Waals surface area contributed by atoms with Gasteiger partial charge < -0.3 is 10.2 Å². The van der Waals surface area contributed by atoms with Crippen LogP contribution in [0.5, 0.6) is 0 Å². The molecule has 1 aromatic carbocycles. The van der Waals surface area contributed by atoms with Gasteiger partial charge in [0, 0.05) is 24.1 Å². The summed E-state index contributed by atoms with van der Waals surface area (Å²) in [7, 11) is 0. The van der Waals surface area contributed by atoms with Crippen LogP contribution >= 0.6 is 28.3 Å². The second kappa shape index (κ2) is 6.46. The van der Waals surface area contributed by atoms with E-state index in [-0.39, 0.29) is 17.8 Å². The van der Waals surface area contributed by atoms with Crippen molar-refractivity contribution in [1.29, 1.82) is 0 Å². The maximum atomic E-state index is 12.6. The summed E-state index contributed by atoms with van der Waals surface area (Å²) in [5.74, 6) is 0.350. The van der Waals surface area contributed by atoms with Gasteiger partial charge in [-0.25, -0.2) is 0 Å². The maximum absolute atomic E-state index is 12.6. The van der Waals surface area contributed by atoms with Gasteiger partial charge in [0.15, 0.2) is 0 Å². The first-order valence-corrected chi connectivity index (χ1v) is 7.73. The number of halogens is 2. The van der Waals surface area contributed by atoms with Crippen molar-refractivity contribution in [2.75, 3.05) is 19.6 Å². The number of amides is 1. The summed E-state index contributed by atoms with van der Waals surface area (Å²) in [6.45, 7) is 3.56. The number of nitrogens with one attached hydrogen (secondary N) is 1. The summed E-state index contributed by atoms with van der Waals surface area (Å²) in [5, 5.41) is 3.39. The highest BCUT2D eigenvalue weighted by Gasteiger charge is 2.46. The maximum Gasteiger partial charge on any atom is 0.230 e. The second-order valence-electron chi connectivity index (χ2n) is 5.66. The normalized spacial score (nSPS) is 25.9. The first-order valence-electron chi connectivity index (χ1n) is 6.94. The predicted octanol–water partition coefficient (Wildman–Crippen LogP) is 2.97. The molecule has 0 radical (unpaired) electrons. The average molecular weight is 360 g/mol. The lowest BCUT2D eigenvalue weighted by molar-refractivity contribution is -0.137. The van der Waals surface area contributed by atoms with Crippen LogP contribution in [0, 0.1) is 5.41 Å². The third-order valence-corrected chi connectivity index (χ3v) is 4.89. The zero-order valence-corrected chi connectivity index (χ0v) is 13.8. The monoisotopic (exact) mass is 358 g/mol. The van der Waals surface area contributed by atoms with Crippen molar-refractivity contribution in [3.8, 4) is 0 Å². The van der Waals surface area contributed by atoms with Gasteiger partial charge in [-0.05, 0) is 43.5 Å². The van der Waals surface area contributed by atoms with Crippen LogP contribution in [-0.4, -0.2) is 30.4 Å². The fourth-order valence-corrected chi connectivity index (χ4v) is 3.48. The van der Waals surface area contributed by atoms with Gasteiger partial charge in [0.2, 0.25) is 5.91 Å². The highest BCUT2D eigenvalue weighted by atomic mass is 79.9. The van der Waals surface area contributed by atoms with Gasteiger partial charge in [-0.3, -0.25) is 4.79 Å². The molecule has 0 aliphatic carbocycles. The average Bonchev–Trinajstić information content (AvgIpc) is 2.72. The van der Waals surface area contributed by atoms with E-state index in [0.717, 1.165) is 49.9 Å². The van der Waals surface area contributed by atoms with E-state index in [9.17, 15) is 4.79 Å². The first-order chi connectivity index (χ1) is 9.20. The van der Waals surface area contributed by atoms with Crippen molar-refractivity contribution in [3.63, 3.8) is 0 Å². The van der Waals surface area contributed by atoms with E-state index in [1.807, 2.05) is 17.0 Å². The van der Waals surface area contributed by atoms with Crippen LogP contribution in [0.25, 0.3) is 0 Å². The molecule has 5 heteroatoms. The predicted molar refractivity (Wildman–Crippen MR) is 86.0 cm³/mol. The van der Waals surface area contributed by atoms with Gasteiger partial charge in [-0.15, -0.1) is 12.4 Å². The van der Waals surface area contributed by atoms with Crippen molar-refractivity contribution in [2.24, 2.45) is 5.41 Å². The number of likely N-dealkylation sites (tertiary alicyclic amines) is 1. The number of carbonyl (C=O) groups is 1. The van der Waals surface area contributed by atoms with Crippen molar-refractivity contribution in [2.45, 2.75) is 25.8 Å². The topological polar surface area (TPSA) is 32.3 Å². The van der Waals surface area contributed by atoms with Gasteiger partial charge >= 0.3 is 0 Å². The third-order valence-electron chi connectivity index (χ3n) is 4.36. The molecule has 2 saturated heterocycles. The minimum atomic E-state index is -0.104. The van der Waals surface area contributed by atoms with E-state index >= 15 is 0 Å². The Balaban J connectivity index is 0.00000147. The summed E-state index contributed by atoms with van der Waals surface area (Å²) >= 11 is 3.44. The summed E-state index contributed by atoms with van der Waals surface area (Å²) in [6, 6.07) is 8.24. The number of piperidine rings is 1. The van der Waals surface area contributed by atoms with Crippen LogP contribution in [0.1, 0.15) is 24.8 Å². The molecule has 0 aromatic heterocycles. The van der Waals surface area contributed by atoms with E-state index in [2.05, 4.69) is 33.4 Å². The van der Waals surface area contributed by atoms with E-state index in [1.165, 1.54) is 5.56 Å². The van der Waals surface area contributed by atoms with Gasteiger partial charge in [0.1, 0.15) is 0 Å². The SMILES string of the molecule is Cl.O=C1N(Cc2ccc(Br)cc2)CCC12CCCNC2. The summed E-state index contributed by atoms with van der Waals surface area (Å²) in [4.78, 5) is 14.7. The largest absolute Gasteiger partial charge is 0.338 e. The molecule has 2 aliphatic heterocycles. The van der Waals surface area contributed by atoms with Gasteiger partial charge in [-0.2, -0.15) is 0 Å². The number of carbonyl (C=O) groups excluding carboxylic acids is 1. The quantitative estimate of drug-likeness (QED) is 0.880. The van der Waals surface area contributed by atoms with Crippen LogP contribution < -0.4 is 5.32 Å². The number of hydrogen-bond acceptors (Lipinski definition) is 2. The van der Waals surface area contributed by atoms with Crippen LogP contribution in [-0.2, 0) is 11.3 Å². The molecular weight excluding hydrogens is 340 g/mol. The molecule has 0 bridgehead atoms. The van der Waals surface area contributed by atoms with Crippen molar-refractivity contribution in [3.05, 3.63) is 34.3 Å². The smallest absolute Gasteiger partial charge is 0.230 e. The van der Waals surface area contributed by atoms with Crippen LogP contribution in [0.4, 0.5) is 0 Å². The van der Waals surface area contributed by atoms with Crippen molar-refractivity contribution in [1.82, 2.24) is 10.2 Å². The highest BCUT2D eigenvalue weighted by molar-refractivity contribution is 9.10. The fourth-order valence-electron chi connectivity index (χ4n) is 3.22. The molecule has 2 fully saturated rings. The molecule has 0 saturated carbocycles. The zero-order chi connectivity index (χ0) is 13.3. The van der Waals surface area contributed by atoms with Crippen LogP contribution in [0.15, 0.2) is 28.7 Å². The molecule has 3 nitrogen and oxygen atoms in total. The standard InChI is InChI=1S/C15H19BrN2O.ClH/c16-13-4-2-12(3-5-13)10-18-9-7-15(14(18)19)6-1-8-17-11-15;/h2-5,17H,1,6-11H2;1H. The summed E-state index contributed by atoms with van der Waals surface area (Å²) in [5.41, 5.74) is 1.10. The van der Waals surface area contributed by atoms with Gasteiger partial charge in [0.25, 0.3) is 0 Å². The lowest BCUT2D eigenvalue weighted by atomic mass is 9.79. The molecule has 110 valence electrons. The minimum Gasteiger partial charge on any atom is -0.338 e. The minimum absolute atomic E-state index is 0. The molecule has 1 amide bonds. The van der Waals surface area contributed by atoms with Crippen molar-refractivity contribution < 1.29 is 4.79 Å². The van der Waals surface area contributed by atoms with E-state index < -0.39 is 0 Å². The number of rotatable bonds is 2. The zero-order valence-electron chi connectivity index (χ0n) is 11.4. The molecule has 3 rings (SSSR count). The Morgan fingerprint density at radius 1 is 1.25 bits per heavy atom. The molecule has 1 N–H and O–H groups in total. The van der Waals surface area contributed by atoms with Crippen LogP contribution in [0.2, 0.25) is 0 Å². The third kappa shape index (κ3) is 3.02. The Bertz CT molecular complexity index is 471. The van der Waals surface area contributed by atoms with E-state index in [4.69, 9.17) is 0 Å². The molecular formula is C15H20BrClN2O. The van der Waals surface area contributed by atoms with Gasteiger partial charge in [-0.1, -0.05) is 28.1 Å². The molecule has 1 aromatic rings. The lowest BCUT2D eigenvalue weighted by Crippen LogP contribution is -2.45.